The highest BCUT2D eigenvalue weighted by atomic mass is 19.4. The first-order valence-corrected chi connectivity index (χ1v) is 21.6. The molecule has 2 heterocycles. The van der Waals surface area contributed by atoms with Gasteiger partial charge in [-0.15, -0.1) is 0 Å². The van der Waals surface area contributed by atoms with Crippen molar-refractivity contribution < 1.29 is 13.2 Å². The van der Waals surface area contributed by atoms with Gasteiger partial charge < -0.3 is 9.13 Å². The van der Waals surface area contributed by atoms with E-state index in [0.717, 1.165) is 77.2 Å². The van der Waals surface area contributed by atoms with Gasteiger partial charge in [-0.25, -0.2) is 4.85 Å². The fourth-order valence-corrected chi connectivity index (χ4v) is 9.62. The number of hydrogen-bond donors (Lipinski definition) is 0. The van der Waals surface area contributed by atoms with E-state index in [-0.39, 0.29) is 0 Å². The molecule has 11 aromatic rings. The molecule has 312 valence electrons. The Labute approximate surface area is 374 Å². The number of para-hydroxylation sites is 2. The molecule has 0 unspecified atom stereocenters. The first kappa shape index (κ1) is 39.7. The Balaban J connectivity index is 1.22. The van der Waals surface area contributed by atoms with Crippen LogP contribution in [-0.4, -0.2) is 9.13 Å². The molecule has 0 aliphatic heterocycles. The van der Waals surface area contributed by atoms with Crippen LogP contribution in [0.25, 0.3) is 104 Å². The van der Waals surface area contributed by atoms with Crippen molar-refractivity contribution in [2.24, 2.45) is 0 Å². The summed E-state index contributed by atoms with van der Waals surface area (Å²) in [4.78, 5) is 4.18. The second-order valence-corrected chi connectivity index (χ2v) is 17.0. The normalized spacial score (nSPS) is 11.8. The van der Waals surface area contributed by atoms with Crippen molar-refractivity contribution in [3.8, 4) is 55.9 Å². The Kier molecular flexibility index (Phi) is 9.34. The molecular formula is C59H40F3N3. The van der Waals surface area contributed by atoms with Crippen LogP contribution in [0.5, 0.6) is 0 Å². The molecular weight excluding hydrogens is 808 g/mol. The van der Waals surface area contributed by atoms with Crippen molar-refractivity contribution in [3.63, 3.8) is 0 Å². The number of aromatic nitrogens is 2. The molecule has 0 bridgehead atoms. The number of benzene rings is 9. The third-order valence-electron chi connectivity index (χ3n) is 12.7. The number of hydrogen-bond acceptors (Lipinski definition) is 0. The molecule has 6 heteroatoms. The molecule has 3 nitrogen and oxygen atoms in total. The highest BCUT2D eigenvalue weighted by Gasteiger charge is 2.31. The fourth-order valence-electron chi connectivity index (χ4n) is 9.62. The molecule has 0 aliphatic rings. The van der Waals surface area contributed by atoms with Crippen molar-refractivity contribution >= 4 is 49.3 Å². The summed E-state index contributed by atoms with van der Waals surface area (Å²) in [5.74, 6) is 0. The van der Waals surface area contributed by atoms with E-state index in [1.807, 2.05) is 60.7 Å². The van der Waals surface area contributed by atoms with Gasteiger partial charge in [-0.05, 0) is 132 Å². The monoisotopic (exact) mass is 847 g/mol. The first-order chi connectivity index (χ1) is 31.5. The van der Waals surface area contributed by atoms with Crippen LogP contribution in [0.4, 0.5) is 18.9 Å². The topological polar surface area (TPSA) is 14.2 Å². The largest absolute Gasteiger partial charge is 0.416 e. The number of halogens is 3. The third kappa shape index (κ3) is 6.76. The lowest BCUT2D eigenvalue weighted by Crippen LogP contribution is -2.05. The van der Waals surface area contributed by atoms with E-state index in [1.165, 1.54) is 23.3 Å². The first-order valence-electron chi connectivity index (χ1n) is 21.6. The van der Waals surface area contributed by atoms with Gasteiger partial charge in [0.1, 0.15) is 0 Å². The second-order valence-electron chi connectivity index (χ2n) is 17.0. The molecule has 0 atom stereocenters. The predicted molar refractivity (Wildman–Crippen MR) is 262 cm³/mol. The van der Waals surface area contributed by atoms with Gasteiger partial charge in [-0.3, -0.25) is 0 Å². The highest BCUT2D eigenvalue weighted by Crippen LogP contribution is 2.47. The van der Waals surface area contributed by atoms with Crippen LogP contribution in [0.1, 0.15) is 22.3 Å². The minimum Gasteiger partial charge on any atom is -0.310 e. The van der Waals surface area contributed by atoms with Crippen LogP contribution in [0.3, 0.4) is 0 Å². The van der Waals surface area contributed by atoms with Crippen LogP contribution in [0, 0.1) is 27.3 Å². The maximum absolute atomic E-state index is 14.4. The van der Waals surface area contributed by atoms with E-state index in [2.05, 4.69) is 137 Å². The van der Waals surface area contributed by atoms with Crippen molar-refractivity contribution in [1.82, 2.24) is 9.13 Å². The summed E-state index contributed by atoms with van der Waals surface area (Å²) >= 11 is 0. The van der Waals surface area contributed by atoms with E-state index in [1.54, 1.807) is 13.0 Å². The molecule has 11 rings (SSSR count). The molecule has 0 radical (unpaired) electrons. The van der Waals surface area contributed by atoms with E-state index in [4.69, 9.17) is 6.57 Å². The van der Waals surface area contributed by atoms with Gasteiger partial charge in [0.05, 0.1) is 39.9 Å². The van der Waals surface area contributed by atoms with Crippen LogP contribution in [0.15, 0.2) is 188 Å². The van der Waals surface area contributed by atoms with E-state index < -0.39 is 11.7 Å². The van der Waals surface area contributed by atoms with Crippen LogP contribution < -0.4 is 0 Å². The third-order valence-corrected chi connectivity index (χ3v) is 12.7. The zero-order valence-corrected chi connectivity index (χ0v) is 35.9. The lowest BCUT2D eigenvalue weighted by molar-refractivity contribution is -0.137. The summed E-state index contributed by atoms with van der Waals surface area (Å²) in [6.45, 7) is 14.5. The standard InChI is InChI=1S/C59H40F3N3/c1-36-16-20-39(21-17-36)41-24-27-54-48(33-41)46-10-5-7-13-52(46)64(54)56-29-26-43(44-30-38(3)31-45(32-44)59(60,61)62)35-50(56)58-51(63-4)12-9-15-57(58)65-53-14-8-6-11-47(53)49-34-42(25-28-55(49)65)40-22-18-37(2)19-23-40/h5-35H,1-3H3. The van der Waals surface area contributed by atoms with Crippen LogP contribution in [0.2, 0.25) is 0 Å². The Bertz CT molecular complexity index is 3730. The Morgan fingerprint density at radius 2 is 0.892 bits per heavy atom. The average Bonchev–Trinajstić information content (AvgIpc) is 3.83. The molecule has 0 aliphatic carbocycles. The molecule has 2 aromatic heterocycles. The van der Waals surface area contributed by atoms with Gasteiger partial charge in [0.15, 0.2) is 5.69 Å². The summed E-state index contributed by atoms with van der Waals surface area (Å²) < 4.78 is 47.6. The van der Waals surface area contributed by atoms with Gasteiger partial charge in [-0.2, -0.15) is 13.2 Å². The molecule has 0 fully saturated rings. The average molecular weight is 848 g/mol. The summed E-state index contributed by atoms with van der Waals surface area (Å²) in [5.41, 5.74) is 14.9. The van der Waals surface area contributed by atoms with Gasteiger partial charge >= 0.3 is 6.18 Å². The van der Waals surface area contributed by atoms with Gasteiger partial charge in [0.2, 0.25) is 0 Å². The zero-order chi connectivity index (χ0) is 44.6. The summed E-state index contributed by atoms with van der Waals surface area (Å²) in [6, 6.07) is 62.6. The maximum atomic E-state index is 14.4. The Hall–Kier alpha value is -8.14. The molecule has 0 saturated carbocycles. The molecule has 0 saturated heterocycles. The van der Waals surface area contributed by atoms with Gasteiger partial charge in [-0.1, -0.05) is 132 Å². The van der Waals surface area contributed by atoms with E-state index in [9.17, 15) is 13.2 Å². The molecule has 0 N–H and O–H groups in total. The molecule has 0 spiro atoms. The fraction of sp³-hybridized carbons (Fsp3) is 0.0678. The van der Waals surface area contributed by atoms with Gasteiger partial charge in [0, 0.05) is 32.8 Å². The van der Waals surface area contributed by atoms with Crippen molar-refractivity contribution in [2.75, 3.05) is 0 Å². The lowest BCUT2D eigenvalue weighted by Gasteiger charge is -2.21. The number of fused-ring (bicyclic) bond motifs is 6. The summed E-state index contributed by atoms with van der Waals surface area (Å²) in [7, 11) is 0. The number of rotatable bonds is 6. The van der Waals surface area contributed by atoms with E-state index in [0.29, 0.717) is 33.5 Å². The SMILES string of the molecule is [C-]#[N+]c1cccc(-n2c3ccccc3c3cc(-c4ccc(C)cc4)ccc32)c1-c1cc(-c2cc(C)cc(C(F)(F)F)c2)ccc1-n1c2ccccc2c2cc(-c3ccc(C)cc3)ccc21. The highest BCUT2D eigenvalue weighted by molar-refractivity contribution is 6.13. The second kappa shape index (κ2) is 15.3. The Morgan fingerprint density at radius 3 is 1.45 bits per heavy atom. The molecule has 9 aromatic carbocycles. The summed E-state index contributed by atoms with van der Waals surface area (Å²) in [5, 5.41) is 4.26. The minimum atomic E-state index is -4.52. The van der Waals surface area contributed by atoms with Crippen LogP contribution in [-0.2, 0) is 6.18 Å². The maximum Gasteiger partial charge on any atom is 0.416 e. The van der Waals surface area contributed by atoms with Crippen molar-refractivity contribution in [1.29, 1.82) is 0 Å². The number of nitrogens with zero attached hydrogens (tertiary/aromatic N) is 3. The zero-order valence-electron chi connectivity index (χ0n) is 35.9. The lowest BCUT2D eigenvalue weighted by atomic mass is 9.93. The molecule has 0 amide bonds. The van der Waals surface area contributed by atoms with Crippen LogP contribution >= 0.6 is 0 Å². The summed E-state index contributed by atoms with van der Waals surface area (Å²) in [6.07, 6.45) is -4.52. The number of aryl methyl sites for hydroxylation is 3. The van der Waals surface area contributed by atoms with Crippen molar-refractivity contribution in [3.05, 3.63) is 222 Å². The van der Waals surface area contributed by atoms with Gasteiger partial charge in [0.25, 0.3) is 0 Å². The predicted octanol–water partition coefficient (Wildman–Crippen LogP) is 17.0. The molecule has 65 heavy (non-hydrogen) atoms. The Morgan fingerprint density at radius 1 is 0.400 bits per heavy atom. The quantitative estimate of drug-likeness (QED) is 0.148. The van der Waals surface area contributed by atoms with E-state index >= 15 is 0 Å². The smallest absolute Gasteiger partial charge is 0.310 e. The minimum absolute atomic E-state index is 0.422. The number of alkyl halides is 3. The van der Waals surface area contributed by atoms with Crippen molar-refractivity contribution in [2.45, 2.75) is 26.9 Å².